The number of nitrogens with zero attached hydrogens (tertiary/aromatic N) is 1. The zero-order chi connectivity index (χ0) is 22.1. The molecule has 2 aromatic rings. The molecule has 0 radical (unpaired) electrons. The topological polar surface area (TPSA) is 61.8 Å². The summed E-state index contributed by atoms with van der Waals surface area (Å²) in [6.07, 6.45) is 4.96. The normalized spacial score (nSPS) is 27.0. The first kappa shape index (κ1) is 21.5. The van der Waals surface area contributed by atoms with E-state index in [1.165, 1.54) is 5.56 Å². The third-order valence-corrected chi connectivity index (χ3v) is 7.96. The van der Waals surface area contributed by atoms with Gasteiger partial charge in [-0.1, -0.05) is 61.4 Å². The lowest BCUT2D eigenvalue weighted by Crippen LogP contribution is -2.51. The van der Waals surface area contributed by atoms with Gasteiger partial charge in [0.15, 0.2) is 5.60 Å². The summed E-state index contributed by atoms with van der Waals surface area (Å²) < 4.78 is 5.47. The molecule has 0 aromatic heterocycles. The maximum atomic E-state index is 13.4. The monoisotopic (exact) mass is 434 g/mol. The van der Waals surface area contributed by atoms with Crippen LogP contribution in [0.4, 0.5) is 0 Å². The molecule has 5 nitrogen and oxygen atoms in total. The van der Waals surface area contributed by atoms with Crippen molar-refractivity contribution in [3.05, 3.63) is 65.7 Å². The van der Waals surface area contributed by atoms with E-state index in [-0.39, 0.29) is 17.9 Å². The van der Waals surface area contributed by atoms with Gasteiger partial charge in [0, 0.05) is 31.6 Å². The van der Waals surface area contributed by atoms with Crippen molar-refractivity contribution in [3.8, 4) is 5.75 Å². The molecule has 2 saturated carbocycles. The number of hydrogen-bond donors (Lipinski definition) is 2. The Morgan fingerprint density at radius 2 is 1.72 bits per heavy atom. The van der Waals surface area contributed by atoms with Crippen LogP contribution in [0.3, 0.4) is 0 Å². The zero-order valence-electron chi connectivity index (χ0n) is 18.9. The van der Waals surface area contributed by atoms with Gasteiger partial charge in [0.25, 0.3) is 5.91 Å². The summed E-state index contributed by atoms with van der Waals surface area (Å²) in [5, 5.41) is 14.9. The number of likely N-dealkylation sites (tertiary alicyclic amines) is 1. The van der Waals surface area contributed by atoms with Crippen molar-refractivity contribution in [1.29, 1.82) is 0 Å². The number of benzene rings is 2. The zero-order valence-corrected chi connectivity index (χ0v) is 18.9. The highest BCUT2D eigenvalue weighted by molar-refractivity contribution is 5.87. The lowest BCUT2D eigenvalue weighted by atomic mass is 9.79. The molecule has 5 heteroatoms. The molecule has 5 rings (SSSR count). The minimum atomic E-state index is -1.42. The van der Waals surface area contributed by atoms with Crippen molar-refractivity contribution < 1.29 is 14.6 Å². The Labute approximate surface area is 190 Å². The highest BCUT2D eigenvalue weighted by Gasteiger charge is 2.58. The molecule has 2 N–H and O–H groups in total. The molecule has 3 fully saturated rings. The summed E-state index contributed by atoms with van der Waals surface area (Å²) in [5.41, 5.74) is 0.552. The van der Waals surface area contributed by atoms with Crippen LogP contribution in [0.1, 0.15) is 36.8 Å². The number of aliphatic hydroxyl groups is 1. The van der Waals surface area contributed by atoms with Crippen LogP contribution in [0, 0.1) is 17.8 Å². The maximum Gasteiger partial charge on any atom is 0.257 e. The molecular formula is C27H34N2O3. The van der Waals surface area contributed by atoms with Crippen LogP contribution < -0.4 is 10.1 Å². The van der Waals surface area contributed by atoms with Gasteiger partial charge < -0.3 is 20.1 Å². The van der Waals surface area contributed by atoms with Crippen molar-refractivity contribution in [3.63, 3.8) is 0 Å². The molecule has 32 heavy (non-hydrogen) atoms. The van der Waals surface area contributed by atoms with Crippen LogP contribution in [0.15, 0.2) is 54.6 Å². The van der Waals surface area contributed by atoms with Crippen molar-refractivity contribution in [1.82, 2.24) is 10.2 Å². The van der Waals surface area contributed by atoms with E-state index in [1.807, 2.05) is 42.5 Å². The predicted molar refractivity (Wildman–Crippen MR) is 124 cm³/mol. The van der Waals surface area contributed by atoms with Crippen LogP contribution in [0.5, 0.6) is 5.75 Å². The smallest absolute Gasteiger partial charge is 0.257 e. The number of methoxy groups -OCH3 is 1. The number of piperidine rings is 1. The van der Waals surface area contributed by atoms with Crippen LogP contribution >= 0.6 is 0 Å². The molecule has 1 heterocycles. The summed E-state index contributed by atoms with van der Waals surface area (Å²) in [5.74, 6) is 1.76. The number of ether oxygens (including phenoxy) is 1. The van der Waals surface area contributed by atoms with Gasteiger partial charge in [-0.05, 0) is 48.3 Å². The summed E-state index contributed by atoms with van der Waals surface area (Å²) in [4.78, 5) is 15.9. The van der Waals surface area contributed by atoms with Gasteiger partial charge in [-0.25, -0.2) is 0 Å². The van der Waals surface area contributed by atoms with E-state index in [4.69, 9.17) is 4.74 Å². The van der Waals surface area contributed by atoms with Gasteiger partial charge in [-0.2, -0.15) is 0 Å². The summed E-state index contributed by atoms with van der Waals surface area (Å²) in [6.45, 7) is 3.03. The SMILES string of the molecule is COc1ccccc1CCN1CC2C(C1)C2NC(=O)C(O)(c1ccccc1)C1CCCC1. The molecule has 1 saturated heterocycles. The maximum absolute atomic E-state index is 13.4. The molecule has 2 aromatic carbocycles. The minimum absolute atomic E-state index is 0.000779. The molecule has 0 spiro atoms. The predicted octanol–water partition coefficient (Wildman–Crippen LogP) is 3.36. The first-order chi connectivity index (χ1) is 15.6. The Kier molecular flexibility index (Phi) is 5.95. The fourth-order valence-corrected chi connectivity index (χ4v) is 6.05. The van der Waals surface area contributed by atoms with Crippen LogP contribution in [-0.2, 0) is 16.8 Å². The minimum Gasteiger partial charge on any atom is -0.496 e. The Morgan fingerprint density at radius 1 is 1.06 bits per heavy atom. The lowest BCUT2D eigenvalue weighted by Gasteiger charge is -2.33. The molecule has 0 bridgehead atoms. The number of para-hydroxylation sites is 1. The summed E-state index contributed by atoms with van der Waals surface area (Å²) >= 11 is 0. The number of carbonyl (C=O) groups is 1. The summed E-state index contributed by atoms with van der Waals surface area (Å²) in [7, 11) is 1.72. The third-order valence-electron chi connectivity index (χ3n) is 7.96. The number of hydrogen-bond acceptors (Lipinski definition) is 4. The van der Waals surface area contributed by atoms with Crippen molar-refractivity contribution in [2.24, 2.45) is 17.8 Å². The van der Waals surface area contributed by atoms with E-state index in [9.17, 15) is 9.90 Å². The van der Waals surface area contributed by atoms with Crippen LogP contribution in [-0.4, -0.2) is 48.7 Å². The fourth-order valence-electron chi connectivity index (χ4n) is 6.05. The quantitative estimate of drug-likeness (QED) is 0.669. The second-order valence-electron chi connectivity index (χ2n) is 9.76. The molecule has 3 unspecified atom stereocenters. The van der Waals surface area contributed by atoms with Crippen molar-refractivity contribution in [2.75, 3.05) is 26.7 Å². The van der Waals surface area contributed by atoms with Crippen molar-refractivity contribution >= 4 is 5.91 Å². The fraction of sp³-hybridized carbons (Fsp3) is 0.519. The first-order valence-electron chi connectivity index (χ1n) is 12.0. The number of rotatable bonds is 8. The molecule has 1 amide bonds. The molecular weight excluding hydrogens is 400 g/mol. The highest BCUT2D eigenvalue weighted by Crippen LogP contribution is 2.47. The number of amides is 1. The Hall–Kier alpha value is -2.37. The molecule has 3 aliphatic rings. The van der Waals surface area contributed by atoms with Gasteiger partial charge in [-0.15, -0.1) is 0 Å². The Bertz CT molecular complexity index is 931. The van der Waals surface area contributed by atoms with E-state index in [0.717, 1.165) is 63.1 Å². The van der Waals surface area contributed by atoms with Gasteiger partial charge in [0.1, 0.15) is 5.75 Å². The first-order valence-corrected chi connectivity index (χ1v) is 12.0. The van der Waals surface area contributed by atoms with Crippen LogP contribution in [0.2, 0.25) is 0 Å². The average molecular weight is 435 g/mol. The summed E-state index contributed by atoms with van der Waals surface area (Å²) in [6, 6.07) is 17.9. The molecule has 3 atom stereocenters. The van der Waals surface area contributed by atoms with E-state index in [0.29, 0.717) is 11.8 Å². The molecule has 1 aliphatic heterocycles. The van der Waals surface area contributed by atoms with Crippen molar-refractivity contribution in [2.45, 2.75) is 43.7 Å². The highest BCUT2D eigenvalue weighted by atomic mass is 16.5. The lowest BCUT2D eigenvalue weighted by molar-refractivity contribution is -0.147. The Morgan fingerprint density at radius 3 is 2.41 bits per heavy atom. The number of fused-ring (bicyclic) bond motifs is 1. The van der Waals surface area contributed by atoms with Gasteiger partial charge in [0.2, 0.25) is 0 Å². The largest absolute Gasteiger partial charge is 0.496 e. The van der Waals surface area contributed by atoms with E-state index >= 15 is 0 Å². The second-order valence-corrected chi connectivity index (χ2v) is 9.76. The van der Waals surface area contributed by atoms with Crippen LogP contribution in [0.25, 0.3) is 0 Å². The molecule has 170 valence electrons. The number of carbonyl (C=O) groups excluding carboxylic acids is 1. The average Bonchev–Trinajstić information content (AvgIpc) is 3.25. The second kappa shape index (κ2) is 8.87. The van der Waals surface area contributed by atoms with Gasteiger partial charge >= 0.3 is 0 Å². The number of nitrogens with one attached hydrogen (secondary N) is 1. The van der Waals surface area contributed by atoms with E-state index in [1.54, 1.807) is 7.11 Å². The molecule has 2 aliphatic carbocycles. The van der Waals surface area contributed by atoms with Gasteiger partial charge in [-0.3, -0.25) is 4.79 Å². The van der Waals surface area contributed by atoms with Gasteiger partial charge in [0.05, 0.1) is 7.11 Å². The Balaban J connectivity index is 1.18. The van der Waals surface area contributed by atoms with E-state index < -0.39 is 5.60 Å². The third kappa shape index (κ3) is 3.93. The standard InChI is InChI=1S/C27H34N2O3/c1-32-24-14-8-5-9-19(24)15-16-29-17-22-23(18-29)25(22)28-26(30)27(31,21-12-6-7-13-21)20-10-3-2-4-11-20/h2-5,8-11,14,21-23,25,31H,6-7,12-13,15-18H2,1H3,(H,28,30). The van der Waals surface area contributed by atoms with E-state index in [2.05, 4.69) is 22.3 Å².